The quantitative estimate of drug-likeness (QED) is 0.690. The lowest BCUT2D eigenvalue weighted by molar-refractivity contribution is 0.478. The molecule has 0 saturated carbocycles. The molecule has 110 valence electrons. The number of hydrogen-bond donors (Lipinski definition) is 1. The van der Waals surface area contributed by atoms with E-state index in [-0.39, 0.29) is 5.82 Å². The van der Waals surface area contributed by atoms with Gasteiger partial charge in [-0.25, -0.2) is 8.78 Å². The molecule has 0 aliphatic heterocycles. The van der Waals surface area contributed by atoms with Crippen molar-refractivity contribution in [2.75, 3.05) is 5.73 Å². The molecule has 0 radical (unpaired) electrons. The monoisotopic (exact) mass is 297 g/mol. The van der Waals surface area contributed by atoms with Crippen LogP contribution in [-0.4, -0.2) is 0 Å². The Bertz CT molecular complexity index is 818. The molecule has 0 aliphatic carbocycles. The molecule has 3 aromatic carbocycles. The van der Waals surface area contributed by atoms with Gasteiger partial charge in [-0.15, -0.1) is 0 Å². The Morgan fingerprint density at radius 1 is 0.773 bits per heavy atom. The second kappa shape index (κ2) is 5.85. The van der Waals surface area contributed by atoms with E-state index in [4.69, 9.17) is 10.5 Å². The van der Waals surface area contributed by atoms with E-state index in [9.17, 15) is 8.78 Å². The third kappa shape index (κ3) is 3.06. The van der Waals surface area contributed by atoms with Crippen LogP contribution in [0, 0.1) is 11.6 Å². The average molecular weight is 297 g/mol. The van der Waals surface area contributed by atoms with E-state index in [0.717, 1.165) is 0 Å². The number of anilines is 1. The molecule has 22 heavy (non-hydrogen) atoms. The summed E-state index contributed by atoms with van der Waals surface area (Å²) in [4.78, 5) is 0. The summed E-state index contributed by atoms with van der Waals surface area (Å²) in [7, 11) is 0. The lowest BCUT2D eigenvalue weighted by Gasteiger charge is -2.12. The third-order valence-electron chi connectivity index (χ3n) is 3.17. The molecule has 0 atom stereocenters. The van der Waals surface area contributed by atoms with Crippen LogP contribution in [0.25, 0.3) is 11.1 Å². The topological polar surface area (TPSA) is 35.2 Å². The molecular formula is C18H13F2NO. The Balaban J connectivity index is 2.05. The Hall–Kier alpha value is -2.88. The second-order valence-electron chi connectivity index (χ2n) is 4.83. The summed E-state index contributed by atoms with van der Waals surface area (Å²) in [6, 6.07) is 17.1. The first kappa shape index (κ1) is 14.1. The molecule has 0 heterocycles. The Labute approximate surface area is 126 Å². The zero-order chi connectivity index (χ0) is 15.5. The summed E-state index contributed by atoms with van der Waals surface area (Å²) in [5.41, 5.74) is 7.63. The maximum atomic E-state index is 13.4. The van der Waals surface area contributed by atoms with Gasteiger partial charge in [0.2, 0.25) is 0 Å². The van der Waals surface area contributed by atoms with Crippen molar-refractivity contribution >= 4 is 5.69 Å². The molecule has 0 fully saturated rings. The van der Waals surface area contributed by atoms with Crippen molar-refractivity contribution in [2.24, 2.45) is 0 Å². The molecule has 2 nitrogen and oxygen atoms in total. The molecule has 4 heteroatoms. The molecule has 0 spiro atoms. The van der Waals surface area contributed by atoms with Gasteiger partial charge in [-0.3, -0.25) is 0 Å². The van der Waals surface area contributed by atoms with E-state index in [1.165, 1.54) is 24.3 Å². The summed E-state index contributed by atoms with van der Waals surface area (Å²) in [5.74, 6) is 0.0548. The van der Waals surface area contributed by atoms with Crippen LogP contribution in [-0.2, 0) is 0 Å². The van der Waals surface area contributed by atoms with Crippen LogP contribution in [0.1, 0.15) is 0 Å². The average Bonchev–Trinajstić information content (AvgIpc) is 2.47. The van der Waals surface area contributed by atoms with Gasteiger partial charge in [-0.2, -0.15) is 0 Å². The molecule has 0 unspecified atom stereocenters. The fourth-order valence-electron chi connectivity index (χ4n) is 2.18. The highest BCUT2D eigenvalue weighted by atomic mass is 19.1. The van der Waals surface area contributed by atoms with Crippen LogP contribution in [0.15, 0.2) is 66.7 Å². The second-order valence-corrected chi connectivity index (χ2v) is 4.83. The number of nitrogens with two attached hydrogens (primary N) is 1. The minimum absolute atomic E-state index is 0.342. The van der Waals surface area contributed by atoms with Gasteiger partial charge in [-0.05, 0) is 42.0 Å². The summed E-state index contributed by atoms with van der Waals surface area (Å²) < 4.78 is 32.4. The summed E-state index contributed by atoms with van der Waals surface area (Å²) >= 11 is 0. The van der Waals surface area contributed by atoms with Gasteiger partial charge in [0, 0.05) is 23.4 Å². The fourth-order valence-corrected chi connectivity index (χ4v) is 2.18. The normalized spacial score (nSPS) is 10.5. The minimum Gasteiger partial charge on any atom is -0.457 e. The first-order chi connectivity index (χ1) is 10.6. The van der Waals surface area contributed by atoms with Gasteiger partial charge in [0.15, 0.2) is 0 Å². The predicted octanol–water partition coefficient (Wildman–Crippen LogP) is 5.01. The van der Waals surface area contributed by atoms with Gasteiger partial charge in [-0.1, -0.05) is 18.2 Å². The lowest BCUT2D eigenvalue weighted by Crippen LogP contribution is -1.92. The Kier molecular flexibility index (Phi) is 3.74. The molecule has 0 aliphatic rings. The SMILES string of the molecule is Nc1ccc(-c2cccc(F)c2)c(Oc2cccc(F)c2)c1. The van der Waals surface area contributed by atoms with Gasteiger partial charge in [0.1, 0.15) is 23.1 Å². The van der Waals surface area contributed by atoms with Crippen molar-refractivity contribution < 1.29 is 13.5 Å². The Morgan fingerprint density at radius 2 is 1.50 bits per heavy atom. The molecule has 0 bridgehead atoms. The van der Waals surface area contributed by atoms with Crippen molar-refractivity contribution in [2.45, 2.75) is 0 Å². The highest BCUT2D eigenvalue weighted by Gasteiger charge is 2.09. The van der Waals surface area contributed by atoms with Gasteiger partial charge >= 0.3 is 0 Å². The van der Waals surface area contributed by atoms with Crippen molar-refractivity contribution in [3.8, 4) is 22.6 Å². The smallest absolute Gasteiger partial charge is 0.137 e. The lowest BCUT2D eigenvalue weighted by atomic mass is 10.0. The number of nitrogen functional groups attached to an aromatic ring is 1. The summed E-state index contributed by atoms with van der Waals surface area (Å²) in [5, 5.41) is 0. The zero-order valence-corrected chi connectivity index (χ0v) is 11.6. The van der Waals surface area contributed by atoms with Crippen LogP contribution in [0.3, 0.4) is 0 Å². The molecule has 0 saturated heterocycles. The number of hydrogen-bond acceptors (Lipinski definition) is 2. The van der Waals surface area contributed by atoms with Crippen molar-refractivity contribution in [1.82, 2.24) is 0 Å². The van der Waals surface area contributed by atoms with Gasteiger partial charge in [0.05, 0.1) is 0 Å². The maximum absolute atomic E-state index is 13.4. The van der Waals surface area contributed by atoms with Crippen molar-refractivity contribution in [3.63, 3.8) is 0 Å². The van der Waals surface area contributed by atoms with Gasteiger partial charge < -0.3 is 10.5 Å². The number of ether oxygens (including phenoxy) is 1. The van der Waals surface area contributed by atoms with E-state index in [1.54, 1.807) is 42.5 Å². The highest BCUT2D eigenvalue weighted by Crippen LogP contribution is 2.35. The van der Waals surface area contributed by atoms with Gasteiger partial charge in [0.25, 0.3) is 0 Å². The molecule has 3 rings (SSSR count). The minimum atomic E-state index is -0.395. The number of benzene rings is 3. The van der Waals surface area contributed by atoms with E-state index < -0.39 is 5.82 Å². The molecule has 3 aromatic rings. The van der Waals surface area contributed by atoms with Crippen LogP contribution in [0.4, 0.5) is 14.5 Å². The largest absolute Gasteiger partial charge is 0.457 e. The Morgan fingerprint density at radius 3 is 2.23 bits per heavy atom. The maximum Gasteiger partial charge on any atom is 0.137 e. The molecule has 0 aromatic heterocycles. The summed E-state index contributed by atoms with van der Waals surface area (Å²) in [6.07, 6.45) is 0. The van der Waals surface area contributed by atoms with Crippen molar-refractivity contribution in [3.05, 3.63) is 78.4 Å². The van der Waals surface area contributed by atoms with E-state index in [2.05, 4.69) is 0 Å². The number of halogens is 2. The van der Waals surface area contributed by atoms with Crippen LogP contribution < -0.4 is 10.5 Å². The molecule has 0 amide bonds. The fraction of sp³-hybridized carbons (Fsp3) is 0. The molecule has 2 N–H and O–H groups in total. The third-order valence-corrected chi connectivity index (χ3v) is 3.17. The summed E-state index contributed by atoms with van der Waals surface area (Å²) in [6.45, 7) is 0. The predicted molar refractivity (Wildman–Crippen MR) is 82.7 cm³/mol. The standard InChI is InChI=1S/C18H13F2NO/c19-13-4-1-3-12(9-13)17-8-7-15(21)11-18(17)22-16-6-2-5-14(20)10-16/h1-11H,21H2. The zero-order valence-electron chi connectivity index (χ0n) is 11.6. The van der Waals surface area contributed by atoms with E-state index in [1.807, 2.05) is 0 Å². The number of rotatable bonds is 3. The van der Waals surface area contributed by atoms with E-state index in [0.29, 0.717) is 28.3 Å². The first-order valence-electron chi connectivity index (χ1n) is 6.71. The van der Waals surface area contributed by atoms with E-state index >= 15 is 0 Å². The highest BCUT2D eigenvalue weighted by molar-refractivity contribution is 5.73. The van der Waals surface area contributed by atoms with Crippen molar-refractivity contribution in [1.29, 1.82) is 0 Å². The van der Waals surface area contributed by atoms with Crippen LogP contribution >= 0.6 is 0 Å². The van der Waals surface area contributed by atoms with Crippen LogP contribution in [0.2, 0.25) is 0 Å². The first-order valence-corrected chi connectivity index (χ1v) is 6.71. The molecular weight excluding hydrogens is 284 g/mol. The van der Waals surface area contributed by atoms with Crippen LogP contribution in [0.5, 0.6) is 11.5 Å².